The summed E-state index contributed by atoms with van der Waals surface area (Å²) in [7, 11) is 3.16. The maximum absolute atomic E-state index is 12.2. The highest BCUT2D eigenvalue weighted by Gasteiger charge is 2.10. The Labute approximate surface area is 159 Å². The second-order valence-electron chi connectivity index (χ2n) is 6.86. The first-order valence-corrected chi connectivity index (χ1v) is 10.2. The lowest BCUT2D eigenvalue weighted by molar-refractivity contribution is 0.0952. The third kappa shape index (κ3) is 9.12. The molecule has 0 atom stereocenters. The van der Waals surface area contributed by atoms with Crippen LogP contribution in [-0.4, -0.2) is 26.7 Å². The topological polar surface area (TPSA) is 47.6 Å². The molecule has 1 aromatic carbocycles. The zero-order valence-corrected chi connectivity index (χ0v) is 16.9. The summed E-state index contributed by atoms with van der Waals surface area (Å²) in [5.74, 6) is 1.15. The van der Waals surface area contributed by atoms with Crippen molar-refractivity contribution in [2.75, 3.05) is 20.8 Å². The minimum absolute atomic E-state index is 0.0574. The minimum atomic E-state index is -0.0574. The van der Waals surface area contributed by atoms with Gasteiger partial charge in [0.2, 0.25) is 0 Å². The van der Waals surface area contributed by atoms with Gasteiger partial charge in [0.1, 0.15) is 0 Å². The molecule has 0 aliphatic carbocycles. The monoisotopic (exact) mass is 363 g/mol. The van der Waals surface area contributed by atoms with Gasteiger partial charge < -0.3 is 14.8 Å². The average molecular weight is 364 g/mol. The highest BCUT2D eigenvalue weighted by atomic mass is 16.5. The Balaban J connectivity index is 2.06. The predicted molar refractivity (Wildman–Crippen MR) is 108 cm³/mol. The van der Waals surface area contributed by atoms with E-state index < -0.39 is 0 Å². The van der Waals surface area contributed by atoms with Crippen LogP contribution in [0.2, 0.25) is 0 Å². The van der Waals surface area contributed by atoms with Crippen molar-refractivity contribution in [3.8, 4) is 11.5 Å². The smallest absolute Gasteiger partial charge is 0.251 e. The van der Waals surface area contributed by atoms with Gasteiger partial charge in [-0.1, -0.05) is 71.1 Å². The number of rotatable bonds is 15. The van der Waals surface area contributed by atoms with E-state index in [2.05, 4.69) is 12.2 Å². The van der Waals surface area contributed by atoms with E-state index in [4.69, 9.17) is 9.47 Å². The molecule has 0 saturated heterocycles. The SMILES string of the molecule is CCCCCCCCCCCCCNC(=O)c1ccc(OC)c(OC)c1. The van der Waals surface area contributed by atoms with E-state index in [0.29, 0.717) is 17.1 Å². The van der Waals surface area contributed by atoms with Crippen LogP contribution >= 0.6 is 0 Å². The molecule has 1 aromatic rings. The molecule has 0 heterocycles. The van der Waals surface area contributed by atoms with Crippen LogP contribution in [0.1, 0.15) is 87.9 Å². The number of benzene rings is 1. The van der Waals surface area contributed by atoms with Gasteiger partial charge in [0.05, 0.1) is 14.2 Å². The van der Waals surface area contributed by atoms with Gasteiger partial charge in [-0.15, -0.1) is 0 Å². The molecule has 26 heavy (non-hydrogen) atoms. The first-order valence-electron chi connectivity index (χ1n) is 10.2. The van der Waals surface area contributed by atoms with Crippen molar-refractivity contribution in [2.45, 2.75) is 77.6 Å². The van der Waals surface area contributed by atoms with Crippen molar-refractivity contribution in [1.29, 1.82) is 0 Å². The summed E-state index contributed by atoms with van der Waals surface area (Å²) < 4.78 is 10.4. The standard InChI is InChI=1S/C22H37NO3/c1-4-5-6-7-8-9-10-11-12-13-14-17-23-22(24)19-15-16-20(25-2)21(18-19)26-3/h15-16,18H,4-14,17H2,1-3H3,(H,23,24). The third-order valence-electron chi connectivity index (χ3n) is 4.71. The fraction of sp³-hybridized carbons (Fsp3) is 0.682. The van der Waals surface area contributed by atoms with Crippen LogP contribution in [0.5, 0.6) is 11.5 Å². The maximum atomic E-state index is 12.2. The second kappa shape index (κ2) is 14.5. The van der Waals surface area contributed by atoms with Crippen molar-refractivity contribution >= 4 is 5.91 Å². The summed E-state index contributed by atoms with van der Waals surface area (Å²) in [5, 5.41) is 2.98. The lowest BCUT2D eigenvalue weighted by atomic mass is 10.1. The summed E-state index contributed by atoms with van der Waals surface area (Å²) >= 11 is 0. The van der Waals surface area contributed by atoms with Gasteiger partial charge >= 0.3 is 0 Å². The maximum Gasteiger partial charge on any atom is 0.251 e. The summed E-state index contributed by atoms with van der Waals surface area (Å²) in [4.78, 5) is 12.2. The molecule has 0 aliphatic heterocycles. The van der Waals surface area contributed by atoms with Crippen molar-refractivity contribution in [3.63, 3.8) is 0 Å². The summed E-state index contributed by atoms with van der Waals surface area (Å²) in [5.41, 5.74) is 0.603. The van der Waals surface area contributed by atoms with Gasteiger partial charge in [0.15, 0.2) is 11.5 Å². The minimum Gasteiger partial charge on any atom is -0.493 e. The Kier molecular flexibility index (Phi) is 12.4. The van der Waals surface area contributed by atoms with Gasteiger partial charge in [0.25, 0.3) is 5.91 Å². The van der Waals surface area contributed by atoms with E-state index >= 15 is 0 Å². The first-order chi connectivity index (χ1) is 12.7. The molecule has 1 amide bonds. The Morgan fingerprint density at radius 1 is 0.808 bits per heavy atom. The van der Waals surface area contributed by atoms with E-state index in [1.807, 2.05) is 0 Å². The number of hydrogen-bond donors (Lipinski definition) is 1. The fourth-order valence-corrected chi connectivity index (χ4v) is 3.07. The molecule has 4 nitrogen and oxygen atoms in total. The number of carbonyl (C=O) groups excluding carboxylic acids is 1. The van der Waals surface area contributed by atoms with Crippen molar-refractivity contribution in [3.05, 3.63) is 23.8 Å². The normalized spacial score (nSPS) is 10.6. The first kappa shape index (κ1) is 22.3. The largest absolute Gasteiger partial charge is 0.493 e. The molecule has 0 spiro atoms. The number of ether oxygens (including phenoxy) is 2. The van der Waals surface area contributed by atoms with Crippen molar-refractivity contribution in [2.24, 2.45) is 0 Å². The molecule has 1 N–H and O–H groups in total. The molecule has 148 valence electrons. The molecule has 0 saturated carbocycles. The second-order valence-corrected chi connectivity index (χ2v) is 6.86. The van der Waals surface area contributed by atoms with Gasteiger partial charge in [-0.25, -0.2) is 0 Å². The molecular formula is C22H37NO3. The fourth-order valence-electron chi connectivity index (χ4n) is 3.07. The van der Waals surface area contributed by atoms with Crippen LogP contribution in [0.4, 0.5) is 0 Å². The van der Waals surface area contributed by atoms with Crippen LogP contribution in [0.3, 0.4) is 0 Å². The van der Waals surface area contributed by atoms with Crippen LogP contribution in [-0.2, 0) is 0 Å². The summed E-state index contributed by atoms with van der Waals surface area (Å²) in [6.07, 6.45) is 14.4. The van der Waals surface area contributed by atoms with Gasteiger partial charge in [-0.3, -0.25) is 4.79 Å². The molecule has 0 aromatic heterocycles. The van der Waals surface area contributed by atoms with Crippen LogP contribution in [0.15, 0.2) is 18.2 Å². The zero-order valence-electron chi connectivity index (χ0n) is 16.9. The molecule has 0 bridgehead atoms. The van der Waals surface area contributed by atoms with Crippen LogP contribution in [0.25, 0.3) is 0 Å². The number of unbranched alkanes of at least 4 members (excludes halogenated alkanes) is 10. The number of amides is 1. The lowest BCUT2D eigenvalue weighted by Gasteiger charge is -2.10. The number of hydrogen-bond acceptors (Lipinski definition) is 3. The molecule has 0 radical (unpaired) electrons. The average Bonchev–Trinajstić information content (AvgIpc) is 2.68. The van der Waals surface area contributed by atoms with Crippen LogP contribution < -0.4 is 14.8 Å². The summed E-state index contributed by atoms with van der Waals surface area (Å²) in [6.45, 7) is 2.99. The predicted octanol–water partition coefficient (Wildman–Crippen LogP) is 5.74. The Morgan fingerprint density at radius 3 is 1.88 bits per heavy atom. The lowest BCUT2D eigenvalue weighted by Crippen LogP contribution is -2.24. The third-order valence-corrected chi connectivity index (χ3v) is 4.71. The molecule has 0 fully saturated rings. The van der Waals surface area contributed by atoms with Crippen LogP contribution in [0, 0.1) is 0 Å². The van der Waals surface area contributed by atoms with Gasteiger partial charge in [-0.2, -0.15) is 0 Å². The van der Waals surface area contributed by atoms with E-state index in [1.54, 1.807) is 32.4 Å². The highest BCUT2D eigenvalue weighted by Crippen LogP contribution is 2.27. The van der Waals surface area contributed by atoms with E-state index in [9.17, 15) is 4.79 Å². The number of nitrogens with one attached hydrogen (secondary N) is 1. The molecule has 0 aliphatic rings. The van der Waals surface area contributed by atoms with Gasteiger partial charge in [0, 0.05) is 12.1 Å². The molecule has 0 unspecified atom stereocenters. The van der Waals surface area contributed by atoms with Crippen molar-refractivity contribution in [1.82, 2.24) is 5.32 Å². The Morgan fingerprint density at radius 2 is 1.35 bits per heavy atom. The van der Waals surface area contributed by atoms with E-state index in [-0.39, 0.29) is 5.91 Å². The van der Waals surface area contributed by atoms with E-state index in [1.165, 1.54) is 64.2 Å². The highest BCUT2D eigenvalue weighted by molar-refractivity contribution is 5.94. The zero-order chi connectivity index (χ0) is 19.0. The summed E-state index contributed by atoms with van der Waals surface area (Å²) in [6, 6.07) is 5.24. The van der Waals surface area contributed by atoms with Crippen molar-refractivity contribution < 1.29 is 14.3 Å². The number of methoxy groups -OCH3 is 2. The molecule has 4 heteroatoms. The number of carbonyl (C=O) groups is 1. The Hall–Kier alpha value is -1.71. The molecular weight excluding hydrogens is 326 g/mol. The van der Waals surface area contributed by atoms with E-state index in [0.717, 1.165) is 13.0 Å². The quantitative estimate of drug-likeness (QED) is 0.404. The molecule has 1 rings (SSSR count). The van der Waals surface area contributed by atoms with Gasteiger partial charge in [-0.05, 0) is 24.6 Å². The Bertz CT molecular complexity index is 502.